The summed E-state index contributed by atoms with van der Waals surface area (Å²) in [6.45, 7) is 0. The minimum absolute atomic E-state index is 0.259. The van der Waals surface area contributed by atoms with Crippen molar-refractivity contribution < 1.29 is 4.39 Å². The molecule has 6 rings (SSSR count). The molecule has 4 heterocycles. The molecule has 0 spiro atoms. The van der Waals surface area contributed by atoms with Gasteiger partial charge in [0.05, 0.1) is 10.2 Å². The van der Waals surface area contributed by atoms with Gasteiger partial charge < -0.3 is 0 Å². The van der Waals surface area contributed by atoms with Crippen LogP contribution in [0.2, 0.25) is 0 Å². The van der Waals surface area contributed by atoms with Crippen molar-refractivity contribution in [1.29, 1.82) is 0 Å². The predicted molar refractivity (Wildman–Crippen MR) is 128 cm³/mol. The number of fused-ring (bicyclic) bond motifs is 1. The van der Waals surface area contributed by atoms with Crippen LogP contribution >= 0.6 is 11.3 Å². The molecule has 0 aliphatic rings. The molecule has 0 N–H and O–H groups in total. The largest absolute Gasteiger partial charge is 0.291 e. The van der Waals surface area contributed by atoms with Gasteiger partial charge in [0.15, 0.2) is 5.82 Å². The molecule has 34 heavy (non-hydrogen) atoms. The Balaban J connectivity index is 1.50. The second-order valence-electron chi connectivity index (χ2n) is 7.50. The van der Waals surface area contributed by atoms with Crippen LogP contribution in [0.15, 0.2) is 90.1 Å². The van der Waals surface area contributed by atoms with Gasteiger partial charge in [-0.05, 0) is 54.6 Å². The minimum Gasteiger partial charge on any atom is -0.266 e. The third-order valence-corrected chi connectivity index (χ3v) is 6.25. The third-order valence-electron chi connectivity index (χ3n) is 5.29. The van der Waals surface area contributed by atoms with Gasteiger partial charge in [0, 0.05) is 35.3 Å². The van der Waals surface area contributed by atoms with Crippen molar-refractivity contribution in [3.05, 3.63) is 112 Å². The van der Waals surface area contributed by atoms with Crippen LogP contribution in [0.1, 0.15) is 5.56 Å². The normalized spacial score (nSPS) is 12.0. The summed E-state index contributed by atoms with van der Waals surface area (Å²) in [7, 11) is 0. The molecule has 6 aromatic rings. The van der Waals surface area contributed by atoms with Gasteiger partial charge in [-0.3, -0.25) is 9.78 Å². The quantitative estimate of drug-likeness (QED) is 0.395. The zero-order valence-electron chi connectivity index (χ0n) is 17.5. The van der Waals surface area contributed by atoms with Crippen LogP contribution in [0.4, 0.5) is 4.39 Å². The van der Waals surface area contributed by atoms with E-state index in [1.807, 2.05) is 36.5 Å². The molecule has 0 radical (unpaired) electrons. The van der Waals surface area contributed by atoms with Gasteiger partial charge in [-0.15, -0.1) is 5.10 Å². The zero-order valence-corrected chi connectivity index (χ0v) is 18.4. The molecule has 0 amide bonds. The second-order valence-corrected chi connectivity index (χ2v) is 8.51. The highest BCUT2D eigenvalue weighted by Gasteiger charge is 2.15. The summed E-state index contributed by atoms with van der Waals surface area (Å²) in [5, 5.41) is 9.10. The Morgan fingerprint density at radius 1 is 0.882 bits per heavy atom. The Labute approximate surface area is 196 Å². The average Bonchev–Trinajstić information content (AvgIpc) is 3.56. The number of hydrogen-bond donors (Lipinski definition) is 0. The van der Waals surface area contributed by atoms with E-state index in [9.17, 15) is 9.18 Å². The van der Waals surface area contributed by atoms with Gasteiger partial charge in [0.25, 0.3) is 5.56 Å². The third kappa shape index (κ3) is 3.57. The lowest BCUT2D eigenvalue weighted by atomic mass is 10.1. The van der Waals surface area contributed by atoms with E-state index in [0.717, 1.165) is 22.4 Å². The molecule has 0 aliphatic carbocycles. The molecule has 2 aromatic carbocycles. The summed E-state index contributed by atoms with van der Waals surface area (Å²) in [4.78, 5) is 22.1. The Morgan fingerprint density at radius 3 is 2.38 bits per heavy atom. The smallest absolute Gasteiger partial charge is 0.266 e. The van der Waals surface area contributed by atoms with E-state index < -0.39 is 0 Å². The number of nitrogens with zero attached hydrogens (tertiary/aromatic N) is 6. The van der Waals surface area contributed by atoms with Gasteiger partial charge in [0.2, 0.25) is 4.96 Å². The van der Waals surface area contributed by atoms with Crippen LogP contribution in [-0.4, -0.2) is 29.4 Å². The Bertz CT molecular complexity index is 1720. The molecular formula is C25H15FN6OS. The molecule has 0 bridgehead atoms. The lowest BCUT2D eigenvalue weighted by molar-refractivity contribution is 0.628. The molecule has 0 unspecified atom stereocenters. The molecule has 0 atom stereocenters. The lowest BCUT2D eigenvalue weighted by Crippen LogP contribution is -2.23. The number of hydrogen-bond acceptors (Lipinski definition) is 6. The predicted octanol–water partition coefficient (Wildman–Crippen LogP) is 3.75. The van der Waals surface area contributed by atoms with Gasteiger partial charge >= 0.3 is 0 Å². The van der Waals surface area contributed by atoms with Crippen molar-refractivity contribution in [3.8, 4) is 28.3 Å². The molecule has 7 nitrogen and oxygen atoms in total. The molecule has 0 fully saturated rings. The number of benzene rings is 2. The Kier molecular flexibility index (Phi) is 4.81. The van der Waals surface area contributed by atoms with E-state index in [2.05, 4.69) is 15.1 Å². The van der Waals surface area contributed by atoms with Crippen LogP contribution in [0.5, 0.6) is 0 Å². The fourth-order valence-corrected chi connectivity index (χ4v) is 4.53. The Hall–Kier alpha value is -4.50. The van der Waals surface area contributed by atoms with Gasteiger partial charge in [-0.25, -0.2) is 9.07 Å². The van der Waals surface area contributed by atoms with E-state index in [1.54, 1.807) is 47.4 Å². The average molecular weight is 467 g/mol. The topological polar surface area (TPSA) is 78.0 Å². The molecule has 9 heteroatoms. The fourth-order valence-electron chi connectivity index (χ4n) is 3.64. The second kappa shape index (κ2) is 8.13. The van der Waals surface area contributed by atoms with E-state index in [1.165, 1.54) is 28.0 Å². The number of aromatic nitrogens is 6. The van der Waals surface area contributed by atoms with Crippen LogP contribution in [0.25, 0.3) is 39.4 Å². The van der Waals surface area contributed by atoms with E-state index in [-0.39, 0.29) is 11.4 Å². The Morgan fingerprint density at radius 2 is 1.65 bits per heavy atom. The first-order valence-corrected chi connectivity index (χ1v) is 11.2. The fraction of sp³-hybridized carbons (Fsp3) is 0. The SMILES string of the molecule is O=c1/c(=C/c2cn(-c3ccccc3)nc2-c2ccc(F)cc2)sc2nc(-c3ccncc3)nn12. The number of pyridine rings is 1. The van der Waals surface area contributed by atoms with E-state index in [4.69, 9.17) is 5.10 Å². The molecule has 164 valence electrons. The number of para-hydroxylation sites is 1. The van der Waals surface area contributed by atoms with Crippen molar-refractivity contribution in [1.82, 2.24) is 29.4 Å². The first-order valence-electron chi connectivity index (χ1n) is 10.4. The summed E-state index contributed by atoms with van der Waals surface area (Å²) in [5.74, 6) is 0.148. The van der Waals surface area contributed by atoms with Crippen molar-refractivity contribution in [2.45, 2.75) is 0 Å². The highest BCUT2D eigenvalue weighted by molar-refractivity contribution is 7.15. The first kappa shape index (κ1) is 20.1. The number of thiazole rings is 1. The standard InChI is InChI=1S/C25H15FN6OS/c26-19-8-6-16(7-9-19)22-18(15-31(29-22)20-4-2-1-3-5-20)14-21-24(33)32-25(34-21)28-23(30-32)17-10-12-27-13-11-17/h1-15H/b21-14-. The van der Waals surface area contributed by atoms with Crippen LogP contribution in [0, 0.1) is 5.82 Å². The molecule has 0 aliphatic heterocycles. The summed E-state index contributed by atoms with van der Waals surface area (Å²) in [6.07, 6.45) is 6.94. The maximum absolute atomic E-state index is 13.5. The lowest BCUT2D eigenvalue weighted by Gasteiger charge is -2.00. The van der Waals surface area contributed by atoms with E-state index >= 15 is 0 Å². The highest BCUT2D eigenvalue weighted by Crippen LogP contribution is 2.25. The minimum atomic E-state index is -0.325. The van der Waals surface area contributed by atoms with Crippen molar-refractivity contribution >= 4 is 22.4 Å². The molecule has 4 aromatic heterocycles. The summed E-state index contributed by atoms with van der Waals surface area (Å²) >= 11 is 1.25. The van der Waals surface area contributed by atoms with Crippen LogP contribution < -0.4 is 10.1 Å². The van der Waals surface area contributed by atoms with E-state index in [0.29, 0.717) is 21.0 Å². The number of rotatable bonds is 4. The monoisotopic (exact) mass is 466 g/mol. The summed E-state index contributed by atoms with van der Waals surface area (Å²) < 4.78 is 17.1. The van der Waals surface area contributed by atoms with Crippen molar-refractivity contribution in [3.63, 3.8) is 0 Å². The first-order chi connectivity index (χ1) is 16.7. The summed E-state index contributed by atoms with van der Waals surface area (Å²) in [5.41, 5.74) is 3.52. The molecule has 0 saturated carbocycles. The summed E-state index contributed by atoms with van der Waals surface area (Å²) in [6, 6.07) is 19.4. The van der Waals surface area contributed by atoms with Crippen molar-refractivity contribution in [2.75, 3.05) is 0 Å². The molecule has 0 saturated heterocycles. The van der Waals surface area contributed by atoms with Gasteiger partial charge in [-0.2, -0.15) is 14.6 Å². The van der Waals surface area contributed by atoms with Crippen LogP contribution in [-0.2, 0) is 0 Å². The molecular weight excluding hydrogens is 451 g/mol. The number of halogens is 1. The maximum Gasteiger partial charge on any atom is 0.291 e. The van der Waals surface area contributed by atoms with Gasteiger partial charge in [-0.1, -0.05) is 29.5 Å². The van der Waals surface area contributed by atoms with Crippen LogP contribution in [0.3, 0.4) is 0 Å². The van der Waals surface area contributed by atoms with Gasteiger partial charge in [0.1, 0.15) is 11.5 Å². The maximum atomic E-state index is 13.5. The van der Waals surface area contributed by atoms with Crippen molar-refractivity contribution in [2.24, 2.45) is 0 Å². The zero-order chi connectivity index (χ0) is 23.1. The highest BCUT2D eigenvalue weighted by atomic mass is 32.1.